The van der Waals surface area contributed by atoms with E-state index in [0.29, 0.717) is 18.7 Å². The zero-order valence-electron chi connectivity index (χ0n) is 18.0. The van der Waals surface area contributed by atoms with E-state index in [0.717, 1.165) is 0 Å². The number of aliphatic hydroxyl groups is 1. The van der Waals surface area contributed by atoms with E-state index < -0.39 is 46.7 Å². The van der Waals surface area contributed by atoms with Crippen LogP contribution >= 0.6 is 11.8 Å². The number of benzene rings is 1. The maximum absolute atomic E-state index is 12.7. The summed E-state index contributed by atoms with van der Waals surface area (Å²) >= 11 is 1.49. The van der Waals surface area contributed by atoms with Gasteiger partial charge in [0.2, 0.25) is 11.8 Å². The van der Waals surface area contributed by atoms with Crippen LogP contribution < -0.4 is 10.6 Å². The van der Waals surface area contributed by atoms with Crippen molar-refractivity contribution < 1.29 is 34.5 Å². The van der Waals surface area contributed by atoms with Crippen molar-refractivity contribution in [1.82, 2.24) is 10.2 Å². The van der Waals surface area contributed by atoms with Crippen LogP contribution in [0.25, 0.3) is 0 Å². The summed E-state index contributed by atoms with van der Waals surface area (Å²) in [7, 11) is 0. The molecular formula is C22H25N3O7S. The summed E-state index contributed by atoms with van der Waals surface area (Å²) in [5, 5.41) is 34.6. The molecule has 5 unspecified atom stereocenters. The summed E-state index contributed by atoms with van der Waals surface area (Å²) < 4.78 is -0.725. The Labute approximate surface area is 194 Å². The van der Waals surface area contributed by atoms with Gasteiger partial charge in [0.15, 0.2) is 0 Å². The molecule has 6 atom stereocenters. The summed E-state index contributed by atoms with van der Waals surface area (Å²) in [4.78, 5) is 49.2. The van der Waals surface area contributed by atoms with E-state index in [1.54, 1.807) is 18.2 Å². The zero-order chi connectivity index (χ0) is 24.1. The van der Waals surface area contributed by atoms with Gasteiger partial charge in [-0.05, 0) is 44.5 Å². The standard InChI is InChI=1S/C22H25N3O7S/c1-10(26)16-17-22(2,8-15(21(31)32)25(17)19(16)28)33-13-7-14(23-9-13)18(27)24-12-5-3-4-11(6-12)20(29)30/h3-6,8,10,13-14,16-17,23,26H,7,9H2,1-2H3,(H,24,27)(H,29,30)(H,31,32)/t10?,13?,14?,16?,17-,22?/m0/s1. The average Bonchev–Trinajstić information content (AvgIpc) is 3.28. The van der Waals surface area contributed by atoms with Crippen LogP contribution in [-0.4, -0.2) is 78.7 Å². The SMILES string of the molecule is CC(O)C1C(=O)N2C(C(=O)O)=CC(C)(SC3CNC(C(=O)Nc4cccc(C(=O)O)c4)C3)[C@H]12. The van der Waals surface area contributed by atoms with Gasteiger partial charge in [-0.1, -0.05) is 6.07 Å². The molecule has 0 aliphatic carbocycles. The second-order valence-corrected chi connectivity index (χ2v) is 10.5. The zero-order valence-corrected chi connectivity index (χ0v) is 18.8. The molecular weight excluding hydrogens is 450 g/mol. The van der Waals surface area contributed by atoms with Gasteiger partial charge in [0.1, 0.15) is 5.70 Å². The number of hydrogen-bond donors (Lipinski definition) is 5. The fourth-order valence-electron chi connectivity index (χ4n) is 4.87. The lowest BCUT2D eigenvalue weighted by Gasteiger charge is -2.50. The molecule has 3 heterocycles. The van der Waals surface area contributed by atoms with Gasteiger partial charge in [-0.25, -0.2) is 9.59 Å². The molecule has 1 aromatic carbocycles. The highest BCUT2D eigenvalue weighted by molar-refractivity contribution is 8.01. The van der Waals surface area contributed by atoms with Crippen LogP contribution in [0.1, 0.15) is 30.6 Å². The summed E-state index contributed by atoms with van der Waals surface area (Å²) in [6.07, 6.45) is 1.15. The summed E-state index contributed by atoms with van der Waals surface area (Å²) in [5.74, 6) is -3.63. The minimum atomic E-state index is -1.19. The first-order valence-corrected chi connectivity index (χ1v) is 11.4. The molecule has 2 fully saturated rings. The molecule has 10 nitrogen and oxygen atoms in total. The fraction of sp³-hybridized carbons (Fsp3) is 0.455. The van der Waals surface area contributed by atoms with Crippen molar-refractivity contribution in [1.29, 1.82) is 0 Å². The second-order valence-electron chi connectivity index (χ2n) is 8.75. The summed E-state index contributed by atoms with van der Waals surface area (Å²) in [6, 6.07) is 5.02. The number of rotatable bonds is 7. The van der Waals surface area contributed by atoms with Gasteiger partial charge >= 0.3 is 11.9 Å². The lowest BCUT2D eigenvalue weighted by atomic mass is 9.78. The van der Waals surface area contributed by atoms with Crippen LogP contribution in [-0.2, 0) is 14.4 Å². The van der Waals surface area contributed by atoms with Gasteiger partial charge in [-0.15, -0.1) is 11.8 Å². The molecule has 0 aromatic heterocycles. The van der Waals surface area contributed by atoms with Crippen LogP contribution in [0.4, 0.5) is 5.69 Å². The normalized spacial score (nSPS) is 31.4. The third-order valence-electron chi connectivity index (χ3n) is 6.35. The van der Waals surface area contributed by atoms with E-state index in [2.05, 4.69) is 10.6 Å². The molecule has 2 saturated heterocycles. The maximum Gasteiger partial charge on any atom is 0.352 e. The number of aromatic carboxylic acids is 1. The van der Waals surface area contributed by atoms with E-state index in [9.17, 15) is 29.4 Å². The summed E-state index contributed by atoms with van der Waals surface area (Å²) in [6.45, 7) is 3.89. The highest BCUT2D eigenvalue weighted by atomic mass is 32.2. The van der Waals surface area contributed by atoms with Gasteiger partial charge in [-0.3, -0.25) is 9.59 Å². The monoisotopic (exact) mass is 475 g/mol. The van der Waals surface area contributed by atoms with Crippen LogP contribution in [0, 0.1) is 5.92 Å². The number of β-lactam (4-membered cyclic amide) rings is 1. The number of aliphatic carboxylic acids is 1. The minimum absolute atomic E-state index is 0.0345. The molecule has 0 spiro atoms. The predicted octanol–water partition coefficient (Wildman–Crippen LogP) is 0.736. The number of nitrogens with one attached hydrogen (secondary N) is 2. The molecule has 0 saturated carbocycles. The van der Waals surface area contributed by atoms with Crippen LogP contribution in [0.3, 0.4) is 0 Å². The Bertz CT molecular complexity index is 1060. The number of carboxylic acid groups (broad SMARTS) is 2. The molecule has 2 amide bonds. The quantitative estimate of drug-likeness (QED) is 0.359. The molecule has 3 aliphatic heterocycles. The minimum Gasteiger partial charge on any atom is -0.478 e. The Balaban J connectivity index is 1.43. The van der Waals surface area contributed by atoms with E-state index >= 15 is 0 Å². The van der Waals surface area contributed by atoms with Crippen molar-refractivity contribution in [3.63, 3.8) is 0 Å². The van der Waals surface area contributed by atoms with Crippen LogP contribution in [0.15, 0.2) is 36.0 Å². The average molecular weight is 476 g/mol. The maximum atomic E-state index is 12.7. The van der Waals surface area contributed by atoms with Crippen molar-refractivity contribution in [2.75, 3.05) is 11.9 Å². The van der Waals surface area contributed by atoms with Gasteiger partial charge in [0, 0.05) is 17.5 Å². The molecule has 0 bridgehead atoms. The third kappa shape index (κ3) is 4.11. The second kappa shape index (κ2) is 8.47. The first-order valence-electron chi connectivity index (χ1n) is 10.5. The predicted molar refractivity (Wildman–Crippen MR) is 120 cm³/mol. The lowest BCUT2D eigenvalue weighted by Crippen LogP contribution is -2.67. The molecule has 11 heteroatoms. The Morgan fingerprint density at radius 1 is 1.27 bits per heavy atom. The van der Waals surface area contributed by atoms with Crippen molar-refractivity contribution in [3.8, 4) is 0 Å². The van der Waals surface area contributed by atoms with Crippen molar-refractivity contribution in [3.05, 3.63) is 41.6 Å². The van der Waals surface area contributed by atoms with Crippen molar-refractivity contribution in [2.24, 2.45) is 5.92 Å². The fourth-order valence-corrected chi connectivity index (χ4v) is 6.63. The van der Waals surface area contributed by atoms with Gasteiger partial charge < -0.3 is 30.9 Å². The number of thioether (sulfide) groups is 1. The van der Waals surface area contributed by atoms with Gasteiger partial charge in [-0.2, -0.15) is 0 Å². The first-order chi connectivity index (χ1) is 15.5. The topological polar surface area (TPSA) is 156 Å². The van der Waals surface area contributed by atoms with Gasteiger partial charge in [0.25, 0.3) is 0 Å². The van der Waals surface area contributed by atoms with Gasteiger partial charge in [0.05, 0.1) is 34.4 Å². The number of aliphatic hydroxyl groups excluding tert-OH is 1. The molecule has 3 aliphatic rings. The molecule has 176 valence electrons. The molecule has 1 aromatic rings. The molecule has 4 rings (SSSR count). The Morgan fingerprint density at radius 3 is 2.64 bits per heavy atom. The highest BCUT2D eigenvalue weighted by Gasteiger charge is 2.63. The van der Waals surface area contributed by atoms with E-state index in [1.165, 1.54) is 35.7 Å². The number of fused-ring (bicyclic) bond motifs is 1. The number of carbonyl (C=O) groups excluding carboxylic acids is 2. The third-order valence-corrected chi connectivity index (χ3v) is 7.91. The van der Waals surface area contributed by atoms with E-state index in [4.69, 9.17) is 5.11 Å². The number of hydrogen-bond acceptors (Lipinski definition) is 7. The number of anilines is 1. The molecule has 0 radical (unpaired) electrons. The highest BCUT2D eigenvalue weighted by Crippen LogP contribution is 2.53. The van der Waals surface area contributed by atoms with E-state index in [-0.39, 0.29) is 22.4 Å². The number of carboxylic acids is 2. The van der Waals surface area contributed by atoms with Crippen molar-refractivity contribution in [2.45, 2.75) is 48.5 Å². The Hall–Kier alpha value is -2.89. The number of carbonyl (C=O) groups is 4. The summed E-state index contributed by atoms with van der Waals surface area (Å²) in [5.41, 5.74) is 0.386. The Morgan fingerprint density at radius 2 is 2.00 bits per heavy atom. The largest absolute Gasteiger partial charge is 0.478 e. The lowest BCUT2D eigenvalue weighted by molar-refractivity contribution is -0.162. The number of nitrogens with zero attached hydrogens (tertiary/aromatic N) is 1. The first kappa shape index (κ1) is 23.3. The smallest absolute Gasteiger partial charge is 0.352 e. The molecule has 33 heavy (non-hydrogen) atoms. The number of amides is 2. The molecule has 5 N–H and O–H groups in total. The van der Waals surface area contributed by atoms with E-state index in [1.807, 2.05) is 6.92 Å². The van der Waals surface area contributed by atoms with Crippen LogP contribution in [0.2, 0.25) is 0 Å². The van der Waals surface area contributed by atoms with Crippen LogP contribution in [0.5, 0.6) is 0 Å². The van der Waals surface area contributed by atoms with Crippen molar-refractivity contribution >= 4 is 41.2 Å². The Kier molecular flexibility index (Phi) is 5.97.